The molecule has 2 N–H and O–H groups in total. The molecule has 0 saturated carbocycles. The smallest absolute Gasteiger partial charge is 0.0212 e. The molecule has 0 atom stereocenters. The monoisotopic (exact) mass is 230 g/mol. The van der Waals surface area contributed by atoms with Crippen molar-refractivity contribution in [3.63, 3.8) is 0 Å². The van der Waals surface area contributed by atoms with E-state index in [0.29, 0.717) is 11.0 Å². The first-order chi connectivity index (χ1) is 4.20. The maximum Gasteiger partial charge on any atom is 0.0212 e. The second-order valence-electron chi connectivity index (χ2n) is 2.18. The number of hydrogen-bond acceptors (Lipinski definition) is 3. The zero-order valence-electron chi connectivity index (χ0n) is 6.09. The van der Waals surface area contributed by atoms with Crippen molar-refractivity contribution in [2.45, 2.75) is 19.8 Å². The van der Waals surface area contributed by atoms with E-state index in [1.165, 1.54) is 11.3 Å². The van der Waals surface area contributed by atoms with E-state index in [1.54, 1.807) is 0 Å². The van der Waals surface area contributed by atoms with E-state index in [9.17, 15) is 0 Å². The van der Waals surface area contributed by atoms with Crippen molar-refractivity contribution < 1.29 is 32.7 Å². The van der Waals surface area contributed by atoms with Gasteiger partial charge in [-0.25, -0.2) is 11.3 Å². The zero-order chi connectivity index (χ0) is 6.85. The van der Waals surface area contributed by atoms with Crippen LogP contribution >= 0.6 is 11.3 Å². The number of nitrogen functional groups attached to an aromatic ring is 1. The first-order valence-electron chi connectivity index (χ1n) is 2.84. The van der Waals surface area contributed by atoms with Crippen molar-refractivity contribution in [1.29, 1.82) is 0 Å². The molecule has 1 aromatic rings. The quantitative estimate of drug-likeness (QED) is 0.745. The summed E-state index contributed by atoms with van der Waals surface area (Å²) in [5.74, 6) is 0.500. The molecule has 0 aliphatic heterocycles. The third-order valence-electron chi connectivity index (χ3n) is 1.02. The summed E-state index contributed by atoms with van der Waals surface area (Å²) in [4.78, 5) is 4.94. The minimum absolute atomic E-state index is 0. The average molecular weight is 230 g/mol. The van der Waals surface area contributed by atoms with Gasteiger partial charge in [-0.2, -0.15) is 0 Å². The third-order valence-corrected chi connectivity index (χ3v) is 2.10. The Morgan fingerprint density at radius 3 is 2.40 bits per heavy atom. The molecule has 0 spiro atoms. The molecule has 1 rings (SSSR count). The third kappa shape index (κ3) is 2.64. The number of hydrogen-bond donors (Lipinski definition) is 1. The Kier molecular flexibility index (Phi) is 4.66. The summed E-state index contributed by atoms with van der Waals surface area (Å²) in [6.07, 6.45) is 2.85. The fraction of sp³-hybridized carbons (Fsp3) is 0.500. The first-order valence-corrected chi connectivity index (χ1v) is 3.65. The molecule has 0 bridgehead atoms. The predicted octanol–water partition coefficient (Wildman–Crippen LogP) is 1.65. The maximum absolute atomic E-state index is 5.39. The molecule has 0 fully saturated rings. The van der Waals surface area contributed by atoms with Crippen molar-refractivity contribution in [1.82, 2.24) is 4.98 Å². The van der Waals surface area contributed by atoms with Crippen molar-refractivity contribution in [3.8, 4) is 0 Å². The second-order valence-corrected chi connectivity index (χ2v) is 3.25. The van der Waals surface area contributed by atoms with Gasteiger partial charge in [0.1, 0.15) is 0 Å². The Morgan fingerprint density at radius 1 is 1.60 bits per heavy atom. The molecule has 53 valence electrons. The van der Waals surface area contributed by atoms with Crippen LogP contribution in [-0.4, -0.2) is 4.98 Å². The van der Waals surface area contributed by atoms with Gasteiger partial charge in [0.15, 0.2) is 0 Å². The zero-order valence-corrected chi connectivity index (χ0v) is 9.74. The molecule has 10 heavy (non-hydrogen) atoms. The topological polar surface area (TPSA) is 38.9 Å². The minimum Gasteiger partial charge on any atom is -0.452 e. The molecular formula is C6H9N2SY-. The number of thiazole rings is 1. The van der Waals surface area contributed by atoms with Crippen LogP contribution in [0, 0.1) is 6.20 Å². The van der Waals surface area contributed by atoms with Crippen molar-refractivity contribution >= 4 is 16.5 Å². The van der Waals surface area contributed by atoms with Gasteiger partial charge < -0.3 is 10.7 Å². The van der Waals surface area contributed by atoms with Crippen molar-refractivity contribution in [2.75, 3.05) is 5.73 Å². The van der Waals surface area contributed by atoms with Gasteiger partial charge in [-0.1, -0.05) is 18.7 Å². The van der Waals surface area contributed by atoms with Crippen LogP contribution in [0.1, 0.15) is 24.6 Å². The van der Waals surface area contributed by atoms with Crippen LogP contribution in [0.2, 0.25) is 0 Å². The van der Waals surface area contributed by atoms with Crippen LogP contribution < -0.4 is 5.73 Å². The Bertz CT molecular complexity index is 197. The molecule has 4 heteroatoms. The summed E-state index contributed by atoms with van der Waals surface area (Å²) in [5, 5.41) is 0.610. The van der Waals surface area contributed by atoms with Gasteiger partial charge in [0, 0.05) is 37.8 Å². The minimum atomic E-state index is 0. The number of anilines is 1. The van der Waals surface area contributed by atoms with Crippen LogP contribution in [0.25, 0.3) is 0 Å². The van der Waals surface area contributed by atoms with Gasteiger partial charge in [-0.15, -0.1) is 6.20 Å². The molecule has 0 saturated heterocycles. The van der Waals surface area contributed by atoms with Gasteiger partial charge in [0.05, 0.1) is 0 Å². The molecule has 0 aromatic carbocycles. The van der Waals surface area contributed by atoms with Crippen LogP contribution in [0.15, 0.2) is 0 Å². The van der Waals surface area contributed by atoms with Crippen LogP contribution in [-0.2, 0) is 32.7 Å². The molecule has 1 radical (unpaired) electrons. The number of aromatic nitrogens is 1. The Hall–Kier alpha value is 0.534. The van der Waals surface area contributed by atoms with Crippen LogP contribution in [0.5, 0.6) is 0 Å². The second kappa shape index (κ2) is 4.42. The summed E-state index contributed by atoms with van der Waals surface area (Å²) in [7, 11) is 0. The van der Waals surface area contributed by atoms with E-state index in [0.717, 1.165) is 4.88 Å². The van der Waals surface area contributed by atoms with Crippen LogP contribution in [0.4, 0.5) is 5.13 Å². The molecule has 0 unspecified atom stereocenters. The first kappa shape index (κ1) is 10.5. The van der Waals surface area contributed by atoms with Crippen molar-refractivity contribution in [2.24, 2.45) is 0 Å². The van der Waals surface area contributed by atoms with Gasteiger partial charge in [0.2, 0.25) is 0 Å². The van der Waals surface area contributed by atoms with Crippen LogP contribution in [0.3, 0.4) is 0 Å². The molecule has 0 aliphatic rings. The fourth-order valence-corrected chi connectivity index (χ4v) is 1.16. The number of nitrogens with two attached hydrogens (primary N) is 1. The molecule has 1 heterocycles. The summed E-state index contributed by atoms with van der Waals surface area (Å²) < 4.78 is 0. The summed E-state index contributed by atoms with van der Waals surface area (Å²) in [6, 6.07) is 0. The summed E-state index contributed by atoms with van der Waals surface area (Å²) in [5.41, 5.74) is 5.39. The van der Waals surface area contributed by atoms with Crippen molar-refractivity contribution in [3.05, 3.63) is 11.1 Å². The van der Waals surface area contributed by atoms with E-state index in [2.05, 4.69) is 25.0 Å². The predicted molar refractivity (Wildman–Crippen MR) is 39.5 cm³/mol. The Morgan fingerprint density at radius 2 is 2.20 bits per heavy atom. The largest absolute Gasteiger partial charge is 0.452 e. The number of rotatable bonds is 1. The Balaban J connectivity index is 0.000000810. The SMILES string of the molecule is CC(C)c1[c-]nc(N)s1.[Y]. The van der Waals surface area contributed by atoms with E-state index >= 15 is 0 Å². The average Bonchev–Trinajstić information content (AvgIpc) is 2.14. The summed E-state index contributed by atoms with van der Waals surface area (Å²) in [6.45, 7) is 4.20. The molecule has 2 nitrogen and oxygen atoms in total. The van der Waals surface area contributed by atoms with E-state index in [1.807, 2.05) is 0 Å². The standard InChI is InChI=1S/C6H9N2S.Y/c1-4(2)5-3-8-6(7)9-5;/h4H,1-2H3,(H2,7,8);/q-1;. The normalized spacial score (nSPS) is 9.50. The maximum atomic E-state index is 5.39. The molecule has 1 aromatic heterocycles. The van der Waals surface area contributed by atoms with E-state index < -0.39 is 0 Å². The van der Waals surface area contributed by atoms with Gasteiger partial charge in [-0.3, -0.25) is 0 Å². The Labute approximate surface area is 90.1 Å². The fourth-order valence-electron chi connectivity index (χ4n) is 0.515. The molecule has 0 amide bonds. The molecule has 0 aliphatic carbocycles. The number of nitrogens with zero attached hydrogens (tertiary/aromatic N) is 1. The van der Waals surface area contributed by atoms with Gasteiger partial charge >= 0.3 is 0 Å². The van der Waals surface area contributed by atoms with E-state index in [4.69, 9.17) is 5.73 Å². The van der Waals surface area contributed by atoms with Gasteiger partial charge in [-0.05, 0) is 5.92 Å². The summed E-state index contributed by atoms with van der Waals surface area (Å²) >= 11 is 1.51. The van der Waals surface area contributed by atoms with E-state index in [-0.39, 0.29) is 32.7 Å². The van der Waals surface area contributed by atoms with Gasteiger partial charge in [0.25, 0.3) is 0 Å². The molecular weight excluding hydrogens is 221 g/mol.